The molecule has 1 aromatic carbocycles. The van der Waals surface area contributed by atoms with E-state index in [1.165, 1.54) is 6.07 Å². The molecule has 2 amide bonds. The number of benzene rings is 1. The summed E-state index contributed by atoms with van der Waals surface area (Å²) in [6.45, 7) is 10.7. The molecule has 5 rings (SSSR count). The number of ether oxygens (including phenoxy) is 1. The molecule has 2 N–H and O–H groups in total. The van der Waals surface area contributed by atoms with Crippen molar-refractivity contribution in [2.45, 2.75) is 52.7 Å². The van der Waals surface area contributed by atoms with Crippen LogP contribution in [-0.4, -0.2) is 63.0 Å². The van der Waals surface area contributed by atoms with Crippen molar-refractivity contribution in [2.75, 3.05) is 30.4 Å². The topological polar surface area (TPSA) is 95.0 Å². The molecule has 0 radical (unpaired) electrons. The van der Waals surface area contributed by atoms with Gasteiger partial charge in [0, 0.05) is 55.4 Å². The van der Waals surface area contributed by atoms with Gasteiger partial charge in [-0.15, -0.1) is 0 Å². The third-order valence-electron chi connectivity index (χ3n) is 6.77. The van der Waals surface area contributed by atoms with Crippen molar-refractivity contribution in [1.82, 2.24) is 19.3 Å². The molecule has 4 heterocycles. The summed E-state index contributed by atoms with van der Waals surface area (Å²) < 4.78 is 21.6. The summed E-state index contributed by atoms with van der Waals surface area (Å²) >= 11 is 0. The van der Waals surface area contributed by atoms with Crippen LogP contribution in [0.3, 0.4) is 0 Å². The lowest BCUT2D eigenvalue weighted by atomic mass is 10.1. The molecule has 3 aromatic heterocycles. The molecular weight excluding hydrogens is 487 g/mol. The second kappa shape index (κ2) is 9.34. The lowest BCUT2D eigenvalue weighted by Gasteiger charge is -2.29. The lowest BCUT2D eigenvalue weighted by Crippen LogP contribution is -2.42. The van der Waals surface area contributed by atoms with E-state index >= 15 is 0 Å². The molecule has 38 heavy (non-hydrogen) atoms. The number of pyridine rings is 1. The van der Waals surface area contributed by atoms with Gasteiger partial charge in [0.1, 0.15) is 5.60 Å². The number of halogens is 1. The predicted molar refractivity (Wildman–Crippen MR) is 145 cm³/mol. The predicted octanol–water partition coefficient (Wildman–Crippen LogP) is 5.27. The quantitative estimate of drug-likeness (QED) is 0.382. The van der Waals surface area contributed by atoms with E-state index < -0.39 is 11.4 Å². The Bertz CT molecular complexity index is 1550. The van der Waals surface area contributed by atoms with E-state index in [2.05, 4.69) is 20.2 Å². The number of hydrogen-bond donors (Lipinski definition) is 2. The number of hydrogen-bond acceptors (Lipinski definition) is 5. The number of aryl methyl sites for hydroxylation is 2. The van der Waals surface area contributed by atoms with Gasteiger partial charge in [-0.05, 0) is 59.2 Å². The maximum atomic E-state index is 14.5. The number of nitrogens with zero attached hydrogens (tertiary/aromatic N) is 4. The number of aromatic amines is 1. The number of rotatable bonds is 4. The Morgan fingerprint density at radius 1 is 1.21 bits per heavy atom. The fourth-order valence-corrected chi connectivity index (χ4v) is 5.01. The summed E-state index contributed by atoms with van der Waals surface area (Å²) in [5.41, 5.74) is 3.77. The van der Waals surface area contributed by atoms with Crippen LogP contribution in [0.4, 0.5) is 20.6 Å². The monoisotopic (exact) mass is 520 g/mol. The average molecular weight is 521 g/mol. The summed E-state index contributed by atoms with van der Waals surface area (Å²) in [5, 5.41) is 3.74. The summed E-state index contributed by atoms with van der Waals surface area (Å²) in [6.07, 6.45) is 3.83. The number of carbonyl (C=O) groups is 2. The SMILES string of the molecule is Cc1cn2cc(NC(=O)c3ccc(N4CCC(N(C)C(=O)OC(C)(C)C)C4)c4cc(C)[nH]c34)cc(F)c2n1. The van der Waals surface area contributed by atoms with Gasteiger partial charge in [0.25, 0.3) is 5.91 Å². The number of anilines is 2. The molecule has 1 atom stereocenters. The highest BCUT2D eigenvalue weighted by molar-refractivity contribution is 6.14. The Morgan fingerprint density at radius 2 is 1.97 bits per heavy atom. The molecular formula is C28H33FN6O3. The first-order chi connectivity index (χ1) is 17.9. The van der Waals surface area contributed by atoms with Crippen LogP contribution in [0.1, 0.15) is 48.9 Å². The van der Waals surface area contributed by atoms with Gasteiger partial charge >= 0.3 is 6.09 Å². The molecule has 10 heteroatoms. The number of imidazole rings is 1. The highest BCUT2D eigenvalue weighted by Crippen LogP contribution is 2.33. The molecule has 1 aliphatic heterocycles. The van der Waals surface area contributed by atoms with Gasteiger partial charge in [0.05, 0.1) is 28.5 Å². The van der Waals surface area contributed by atoms with Crippen molar-refractivity contribution in [2.24, 2.45) is 0 Å². The first-order valence-corrected chi connectivity index (χ1v) is 12.7. The minimum Gasteiger partial charge on any atom is -0.444 e. The van der Waals surface area contributed by atoms with E-state index in [0.717, 1.165) is 29.7 Å². The van der Waals surface area contributed by atoms with Gasteiger partial charge in [0.15, 0.2) is 11.5 Å². The molecule has 9 nitrogen and oxygen atoms in total. The third-order valence-corrected chi connectivity index (χ3v) is 6.77. The number of carbonyl (C=O) groups excluding carboxylic acids is 2. The van der Waals surface area contributed by atoms with Crippen LogP contribution >= 0.6 is 0 Å². The molecule has 1 saturated heterocycles. The van der Waals surface area contributed by atoms with E-state index in [1.807, 2.05) is 39.8 Å². The van der Waals surface area contributed by atoms with Gasteiger partial charge in [-0.25, -0.2) is 14.2 Å². The molecule has 1 aliphatic rings. The Morgan fingerprint density at radius 3 is 2.71 bits per heavy atom. The Hall–Kier alpha value is -4.08. The summed E-state index contributed by atoms with van der Waals surface area (Å²) in [5.74, 6) is -0.852. The van der Waals surface area contributed by atoms with Crippen LogP contribution in [0.5, 0.6) is 0 Å². The Labute approximate surface area is 220 Å². The van der Waals surface area contributed by atoms with Crippen LogP contribution < -0.4 is 10.2 Å². The second-order valence-corrected chi connectivity index (χ2v) is 11.0. The molecule has 1 fully saturated rings. The molecule has 0 bridgehead atoms. The molecule has 0 spiro atoms. The minimum absolute atomic E-state index is 0.0135. The van der Waals surface area contributed by atoms with Crippen LogP contribution in [0, 0.1) is 19.7 Å². The average Bonchev–Trinajstić information content (AvgIpc) is 3.54. The smallest absolute Gasteiger partial charge is 0.410 e. The molecule has 0 saturated carbocycles. The number of aromatic nitrogens is 3. The number of amides is 2. The van der Waals surface area contributed by atoms with Gasteiger partial charge in [-0.1, -0.05) is 0 Å². The zero-order chi connectivity index (χ0) is 27.4. The maximum Gasteiger partial charge on any atom is 0.410 e. The fraction of sp³-hybridized carbons (Fsp3) is 0.393. The Balaban J connectivity index is 1.38. The van der Waals surface area contributed by atoms with E-state index in [1.54, 1.807) is 41.7 Å². The first-order valence-electron chi connectivity index (χ1n) is 12.7. The van der Waals surface area contributed by atoms with Crippen molar-refractivity contribution < 1.29 is 18.7 Å². The zero-order valence-corrected chi connectivity index (χ0v) is 22.6. The van der Waals surface area contributed by atoms with Crippen molar-refractivity contribution in [3.8, 4) is 0 Å². The number of fused-ring (bicyclic) bond motifs is 2. The van der Waals surface area contributed by atoms with Crippen LogP contribution in [-0.2, 0) is 4.74 Å². The van der Waals surface area contributed by atoms with Crippen molar-refractivity contribution in [1.29, 1.82) is 0 Å². The van der Waals surface area contributed by atoms with Crippen molar-refractivity contribution in [3.63, 3.8) is 0 Å². The number of H-pyrrole nitrogens is 1. The Kier molecular flexibility index (Phi) is 6.28. The van der Waals surface area contributed by atoms with Crippen molar-refractivity contribution in [3.05, 3.63) is 59.4 Å². The van der Waals surface area contributed by atoms with Crippen LogP contribution in [0.2, 0.25) is 0 Å². The molecule has 1 unspecified atom stereocenters. The molecule has 4 aromatic rings. The summed E-state index contributed by atoms with van der Waals surface area (Å²) in [4.78, 5) is 37.3. The van der Waals surface area contributed by atoms with E-state index in [9.17, 15) is 14.0 Å². The largest absolute Gasteiger partial charge is 0.444 e. The fourth-order valence-electron chi connectivity index (χ4n) is 5.01. The van der Waals surface area contributed by atoms with Gasteiger partial charge in [0.2, 0.25) is 0 Å². The standard InChI is InChI=1S/C28H33FN6O3/c1-16-11-21-23(34-10-9-19(15-34)33(6)27(37)38-28(3,4)5)8-7-20(24(21)30-16)26(36)32-18-12-22(29)25-31-17(2)13-35(25)14-18/h7-8,11-14,19,30H,9-10,15H2,1-6H3,(H,32,36). The van der Waals surface area contributed by atoms with Gasteiger partial charge in [-0.3, -0.25) is 4.79 Å². The minimum atomic E-state index is -0.552. The van der Waals surface area contributed by atoms with E-state index in [-0.39, 0.29) is 23.7 Å². The van der Waals surface area contributed by atoms with E-state index in [4.69, 9.17) is 4.74 Å². The normalized spacial score (nSPS) is 15.9. The van der Waals surface area contributed by atoms with Crippen LogP contribution in [0.15, 0.2) is 36.7 Å². The zero-order valence-electron chi connectivity index (χ0n) is 22.6. The molecule has 200 valence electrons. The number of nitrogens with one attached hydrogen (secondary N) is 2. The number of likely N-dealkylation sites (N-methyl/N-ethyl adjacent to an activating group) is 1. The van der Waals surface area contributed by atoms with E-state index in [0.29, 0.717) is 29.0 Å². The first kappa shape index (κ1) is 25.6. The van der Waals surface area contributed by atoms with Crippen LogP contribution in [0.25, 0.3) is 16.6 Å². The lowest BCUT2D eigenvalue weighted by molar-refractivity contribution is 0.0237. The maximum absolute atomic E-state index is 14.5. The highest BCUT2D eigenvalue weighted by atomic mass is 19.1. The van der Waals surface area contributed by atoms with Gasteiger partial charge < -0.3 is 29.2 Å². The summed E-state index contributed by atoms with van der Waals surface area (Å²) in [7, 11) is 1.77. The van der Waals surface area contributed by atoms with Crippen molar-refractivity contribution >= 4 is 39.9 Å². The highest BCUT2D eigenvalue weighted by Gasteiger charge is 2.32. The summed E-state index contributed by atoms with van der Waals surface area (Å²) in [6, 6.07) is 7.02. The molecule has 0 aliphatic carbocycles. The second-order valence-electron chi connectivity index (χ2n) is 11.0. The third kappa shape index (κ3) is 4.90. The van der Waals surface area contributed by atoms with Gasteiger partial charge in [-0.2, -0.15) is 0 Å².